The molecule has 15 heavy (non-hydrogen) atoms. The molecule has 0 bridgehead atoms. The molecule has 1 saturated carbocycles. The van der Waals surface area contributed by atoms with Crippen LogP contribution in [0.15, 0.2) is 0 Å². The summed E-state index contributed by atoms with van der Waals surface area (Å²) in [7, 11) is 0. The van der Waals surface area contributed by atoms with Gasteiger partial charge in [0.2, 0.25) is 0 Å². The molecule has 0 spiro atoms. The summed E-state index contributed by atoms with van der Waals surface area (Å²) < 4.78 is 5.01. The Morgan fingerprint density at radius 1 is 0.933 bits per heavy atom. The molecule has 2 fully saturated rings. The number of hydrogen-bond acceptors (Lipinski definition) is 2. The highest BCUT2D eigenvalue weighted by Gasteiger charge is 2.05. The molecule has 2 rings (SSSR count). The van der Waals surface area contributed by atoms with Crippen LogP contribution < -0.4 is 5.32 Å². The molecular weight excluding hydrogens is 186 g/mol. The third-order valence-electron chi connectivity index (χ3n) is 2.74. The van der Waals surface area contributed by atoms with Crippen molar-refractivity contribution in [1.82, 2.24) is 5.32 Å². The minimum atomic E-state index is 0.889. The molecular formula is C13H29NO. The van der Waals surface area contributed by atoms with Gasteiger partial charge in [-0.3, -0.25) is 0 Å². The van der Waals surface area contributed by atoms with E-state index in [-0.39, 0.29) is 0 Å². The van der Waals surface area contributed by atoms with Crippen LogP contribution in [0.3, 0.4) is 0 Å². The van der Waals surface area contributed by atoms with Gasteiger partial charge in [-0.15, -0.1) is 0 Å². The summed E-state index contributed by atoms with van der Waals surface area (Å²) in [6.07, 6.45) is 7.44. The fourth-order valence-corrected chi connectivity index (χ4v) is 1.82. The van der Waals surface area contributed by atoms with Crippen LogP contribution in [-0.4, -0.2) is 26.3 Å². The minimum absolute atomic E-state index is 0.889. The van der Waals surface area contributed by atoms with Crippen molar-refractivity contribution in [2.24, 2.45) is 5.92 Å². The van der Waals surface area contributed by atoms with Crippen molar-refractivity contribution in [3.63, 3.8) is 0 Å². The van der Waals surface area contributed by atoms with Gasteiger partial charge in [-0.2, -0.15) is 0 Å². The summed E-state index contributed by atoms with van der Waals surface area (Å²) in [5.41, 5.74) is 0. The van der Waals surface area contributed by atoms with Crippen molar-refractivity contribution in [3.8, 4) is 0 Å². The van der Waals surface area contributed by atoms with Gasteiger partial charge < -0.3 is 10.1 Å². The second-order valence-electron chi connectivity index (χ2n) is 4.11. The van der Waals surface area contributed by atoms with E-state index in [2.05, 4.69) is 12.2 Å². The number of morpholine rings is 1. The van der Waals surface area contributed by atoms with Crippen LogP contribution in [0.4, 0.5) is 0 Å². The quantitative estimate of drug-likeness (QED) is 0.670. The molecule has 1 heterocycles. The van der Waals surface area contributed by atoms with E-state index < -0.39 is 0 Å². The molecule has 92 valence electrons. The molecule has 1 saturated heterocycles. The maximum Gasteiger partial charge on any atom is 0.0591 e. The highest BCUT2D eigenvalue weighted by atomic mass is 16.5. The first-order valence-electron chi connectivity index (χ1n) is 6.68. The van der Waals surface area contributed by atoms with Crippen molar-refractivity contribution < 1.29 is 4.74 Å². The average Bonchev–Trinajstić information content (AvgIpc) is 2.36. The van der Waals surface area contributed by atoms with Crippen LogP contribution in [0, 0.1) is 5.92 Å². The Kier molecular flexibility index (Phi) is 11.9. The largest absolute Gasteiger partial charge is 0.379 e. The Morgan fingerprint density at radius 3 is 1.67 bits per heavy atom. The van der Waals surface area contributed by atoms with Crippen molar-refractivity contribution in [3.05, 3.63) is 0 Å². The summed E-state index contributed by atoms with van der Waals surface area (Å²) in [5, 5.41) is 3.16. The van der Waals surface area contributed by atoms with Gasteiger partial charge >= 0.3 is 0 Å². The molecule has 2 aliphatic rings. The predicted molar refractivity (Wildman–Crippen MR) is 67.3 cm³/mol. The topological polar surface area (TPSA) is 21.3 Å². The second-order valence-corrected chi connectivity index (χ2v) is 4.11. The van der Waals surface area contributed by atoms with Crippen molar-refractivity contribution in [1.29, 1.82) is 0 Å². The molecule has 2 nitrogen and oxygen atoms in total. The Bertz CT molecular complexity index is 95.6. The third-order valence-corrected chi connectivity index (χ3v) is 2.74. The van der Waals surface area contributed by atoms with Gasteiger partial charge in [0.05, 0.1) is 13.2 Å². The maximum absolute atomic E-state index is 5.01. The molecule has 0 aromatic heterocycles. The van der Waals surface area contributed by atoms with Gasteiger partial charge in [-0.1, -0.05) is 52.9 Å². The molecule has 0 amide bonds. The molecule has 0 unspecified atom stereocenters. The molecule has 1 aliphatic carbocycles. The normalized spacial score (nSPS) is 21.8. The summed E-state index contributed by atoms with van der Waals surface area (Å²) in [6.45, 7) is 10.2. The van der Waals surface area contributed by atoms with Crippen LogP contribution in [-0.2, 0) is 4.74 Å². The Balaban J connectivity index is 0.000000227. The first-order valence-corrected chi connectivity index (χ1v) is 6.68. The molecule has 0 radical (unpaired) electrons. The standard InChI is InChI=1S/C7H14.C4H9NO.C2H6/c1-7-5-3-2-4-6-7;1-3-6-4-2-5-1;1-2/h7H,2-6H2,1H3;5H,1-4H2;1-2H3. The van der Waals surface area contributed by atoms with E-state index in [1.165, 1.54) is 32.1 Å². The Labute approximate surface area is 95.8 Å². The van der Waals surface area contributed by atoms with Gasteiger partial charge in [-0.25, -0.2) is 0 Å². The van der Waals surface area contributed by atoms with Gasteiger partial charge in [0.25, 0.3) is 0 Å². The molecule has 1 aliphatic heterocycles. The fourth-order valence-electron chi connectivity index (χ4n) is 1.82. The van der Waals surface area contributed by atoms with Gasteiger partial charge in [0.15, 0.2) is 0 Å². The van der Waals surface area contributed by atoms with E-state index in [1.54, 1.807) is 0 Å². The lowest BCUT2D eigenvalue weighted by Crippen LogP contribution is -2.30. The lowest BCUT2D eigenvalue weighted by Gasteiger charge is -2.15. The molecule has 0 aromatic carbocycles. The first kappa shape index (κ1) is 14.9. The molecule has 0 aromatic rings. The van der Waals surface area contributed by atoms with Gasteiger partial charge in [-0.05, 0) is 5.92 Å². The summed E-state index contributed by atoms with van der Waals surface area (Å²) in [5.74, 6) is 1.04. The van der Waals surface area contributed by atoms with E-state index in [9.17, 15) is 0 Å². The minimum Gasteiger partial charge on any atom is -0.379 e. The Morgan fingerprint density at radius 2 is 1.47 bits per heavy atom. The lowest BCUT2D eigenvalue weighted by molar-refractivity contribution is 0.109. The van der Waals surface area contributed by atoms with Gasteiger partial charge in [0, 0.05) is 13.1 Å². The fraction of sp³-hybridized carbons (Fsp3) is 1.00. The zero-order valence-electron chi connectivity index (χ0n) is 10.8. The van der Waals surface area contributed by atoms with E-state index >= 15 is 0 Å². The van der Waals surface area contributed by atoms with E-state index in [1.807, 2.05) is 13.8 Å². The van der Waals surface area contributed by atoms with Crippen LogP contribution in [0.2, 0.25) is 0 Å². The van der Waals surface area contributed by atoms with Crippen molar-refractivity contribution >= 4 is 0 Å². The lowest BCUT2D eigenvalue weighted by atomic mass is 9.91. The van der Waals surface area contributed by atoms with Gasteiger partial charge in [0.1, 0.15) is 0 Å². The zero-order valence-corrected chi connectivity index (χ0v) is 10.8. The van der Waals surface area contributed by atoms with Crippen LogP contribution in [0.25, 0.3) is 0 Å². The summed E-state index contributed by atoms with van der Waals surface area (Å²) in [6, 6.07) is 0. The van der Waals surface area contributed by atoms with Crippen molar-refractivity contribution in [2.75, 3.05) is 26.3 Å². The monoisotopic (exact) mass is 215 g/mol. The summed E-state index contributed by atoms with van der Waals surface area (Å²) >= 11 is 0. The Hall–Kier alpha value is -0.0800. The van der Waals surface area contributed by atoms with Crippen LogP contribution in [0.5, 0.6) is 0 Å². The highest BCUT2D eigenvalue weighted by Crippen LogP contribution is 2.22. The van der Waals surface area contributed by atoms with Crippen LogP contribution in [0.1, 0.15) is 52.9 Å². The third kappa shape index (κ3) is 10.2. The van der Waals surface area contributed by atoms with E-state index in [0.717, 1.165) is 32.2 Å². The highest BCUT2D eigenvalue weighted by molar-refractivity contribution is 4.59. The molecule has 0 atom stereocenters. The number of rotatable bonds is 0. The second kappa shape index (κ2) is 12.0. The maximum atomic E-state index is 5.01. The number of hydrogen-bond donors (Lipinski definition) is 1. The first-order chi connectivity index (χ1) is 7.39. The van der Waals surface area contributed by atoms with E-state index in [4.69, 9.17) is 4.74 Å². The van der Waals surface area contributed by atoms with Crippen molar-refractivity contribution in [2.45, 2.75) is 52.9 Å². The number of ether oxygens (including phenoxy) is 1. The zero-order chi connectivity index (χ0) is 11.4. The van der Waals surface area contributed by atoms with E-state index in [0.29, 0.717) is 0 Å². The van der Waals surface area contributed by atoms with Crippen LogP contribution >= 0.6 is 0 Å². The predicted octanol–water partition coefficient (Wildman–Crippen LogP) is 3.22. The molecule has 2 heteroatoms. The number of nitrogens with one attached hydrogen (secondary N) is 1. The molecule has 1 N–H and O–H groups in total. The smallest absolute Gasteiger partial charge is 0.0591 e. The SMILES string of the molecule is C1COCCN1.CC.CC1CCCCC1. The average molecular weight is 215 g/mol. The summed E-state index contributed by atoms with van der Waals surface area (Å²) in [4.78, 5) is 0.